The van der Waals surface area contributed by atoms with Crippen LogP contribution in [0.25, 0.3) is 0 Å². The summed E-state index contributed by atoms with van der Waals surface area (Å²) in [5, 5.41) is 24.2. The largest absolute Gasteiger partial charge is 0.429 e. The van der Waals surface area contributed by atoms with Gasteiger partial charge in [-0.05, 0) is 44.9 Å². The molecule has 9 amide bonds. The van der Waals surface area contributed by atoms with Crippen LogP contribution < -0.4 is 59.1 Å². The molecule has 0 unspecified atom stereocenters. The summed E-state index contributed by atoms with van der Waals surface area (Å²) in [6.07, 6.45) is 5.43. The molecule has 2 aliphatic heterocycles. The minimum atomic E-state index is -4.57. The molecule has 31 heteroatoms. The van der Waals surface area contributed by atoms with Gasteiger partial charge in [-0.3, -0.25) is 43.6 Å². The Balaban J connectivity index is 1.31. The number of hydrogen-bond donors (Lipinski definition) is 13. The van der Waals surface area contributed by atoms with E-state index in [4.69, 9.17) is 49.7 Å². The Hall–Kier alpha value is -4.91. The van der Waals surface area contributed by atoms with E-state index in [1.54, 1.807) is 5.09 Å². The average Bonchev–Trinajstić information content (AvgIpc) is 3.92. The van der Waals surface area contributed by atoms with E-state index < -0.39 is 43.5 Å². The molecule has 0 radical (unpaired) electrons. The zero-order valence-corrected chi connectivity index (χ0v) is 45.3. The number of nitrogens with zero attached hydrogens (tertiary/aromatic N) is 1. The molecule has 2 fully saturated rings. The number of urea groups is 1. The van der Waals surface area contributed by atoms with Crippen molar-refractivity contribution in [1.29, 1.82) is 0 Å². The zero-order valence-electron chi connectivity index (χ0n) is 43.6. The van der Waals surface area contributed by atoms with Crippen molar-refractivity contribution < 1.29 is 81.1 Å². The van der Waals surface area contributed by atoms with Gasteiger partial charge in [0.05, 0.1) is 91.4 Å². The maximum Gasteiger partial charge on any atom is 0.429 e. The number of amides is 9. The van der Waals surface area contributed by atoms with E-state index in [-0.39, 0.29) is 160 Å². The number of nitrogens with one attached hydrogen (secondary N) is 9. The smallest absolute Gasteiger partial charge is 0.379 e. The van der Waals surface area contributed by atoms with Crippen molar-refractivity contribution in [3.8, 4) is 0 Å². The normalized spacial score (nSPS) is 16.9. The van der Waals surface area contributed by atoms with Gasteiger partial charge in [-0.25, -0.2) is 9.36 Å². The van der Waals surface area contributed by atoms with Crippen LogP contribution in [-0.2, 0) is 66.5 Å². The predicted molar refractivity (Wildman–Crippen MR) is 278 cm³/mol. The van der Waals surface area contributed by atoms with Crippen molar-refractivity contribution in [3.05, 3.63) is 0 Å². The van der Waals surface area contributed by atoms with Gasteiger partial charge in [-0.15, -0.1) is 0 Å². The molecule has 2 heterocycles. The molecule has 15 N–H and O–H groups in total. The third kappa shape index (κ3) is 35.4. The van der Waals surface area contributed by atoms with Crippen molar-refractivity contribution >= 4 is 72.8 Å². The van der Waals surface area contributed by atoms with Gasteiger partial charge in [-0.1, -0.05) is 6.42 Å². The van der Waals surface area contributed by atoms with Crippen LogP contribution in [0.15, 0.2) is 4.99 Å². The van der Waals surface area contributed by atoms with Gasteiger partial charge >= 0.3 is 13.8 Å². The van der Waals surface area contributed by atoms with E-state index in [9.17, 15) is 42.9 Å². The van der Waals surface area contributed by atoms with E-state index in [0.717, 1.165) is 25.0 Å². The Morgan fingerprint density at radius 2 is 1.14 bits per heavy atom. The van der Waals surface area contributed by atoms with E-state index in [0.29, 0.717) is 57.0 Å². The monoisotopic (exact) mass is 1130 g/mol. The summed E-state index contributed by atoms with van der Waals surface area (Å²) in [4.78, 5) is 118. The van der Waals surface area contributed by atoms with Crippen molar-refractivity contribution in [3.63, 3.8) is 0 Å². The number of ether oxygens (including phenoxy) is 6. The van der Waals surface area contributed by atoms with Gasteiger partial charge in [0.25, 0.3) is 0 Å². The molecule has 29 nitrogen and oxygen atoms in total. The highest BCUT2D eigenvalue weighted by Gasteiger charge is 2.42. The van der Waals surface area contributed by atoms with Gasteiger partial charge in [-0.2, -0.15) is 11.8 Å². The van der Waals surface area contributed by atoms with Crippen LogP contribution in [0.1, 0.15) is 84.0 Å². The average molecular weight is 1130 g/mol. The lowest BCUT2D eigenvalue weighted by Crippen LogP contribution is -2.46. The quantitative estimate of drug-likeness (QED) is 0.00942. The molecule has 0 aromatic rings. The minimum Gasteiger partial charge on any atom is -0.379 e. The molecule has 0 aromatic carbocycles. The van der Waals surface area contributed by atoms with E-state index >= 15 is 0 Å². The lowest BCUT2D eigenvalue weighted by Gasteiger charge is -2.17. The van der Waals surface area contributed by atoms with Gasteiger partial charge < -0.3 is 92.2 Å². The van der Waals surface area contributed by atoms with Crippen molar-refractivity contribution in [2.24, 2.45) is 16.5 Å². The zero-order chi connectivity index (χ0) is 55.8. The summed E-state index contributed by atoms with van der Waals surface area (Å²) in [6.45, 7) is 5.21. The van der Waals surface area contributed by atoms with Gasteiger partial charge in [0, 0.05) is 76.3 Å². The van der Waals surface area contributed by atoms with Gasteiger partial charge in [0.2, 0.25) is 41.4 Å². The highest BCUT2D eigenvalue weighted by atomic mass is 32.2. The van der Waals surface area contributed by atoms with E-state index in [1.807, 2.05) is 11.8 Å². The topological polar surface area (TPSA) is 422 Å². The third-order valence-corrected chi connectivity index (χ3v) is 13.1. The number of carbonyl (C=O) groups is 8. The Kier molecular flexibility index (Phi) is 36.4. The molecule has 0 spiro atoms. The Labute approximate surface area is 448 Å². The van der Waals surface area contributed by atoms with E-state index in [2.05, 4.69) is 47.5 Å². The van der Waals surface area contributed by atoms with Crippen LogP contribution in [0.4, 0.5) is 4.79 Å². The summed E-state index contributed by atoms with van der Waals surface area (Å²) in [5.41, 5.74) is 10.9. The fraction of sp³-hybridized carbons (Fsp3) is 0.800. The lowest BCUT2D eigenvalue weighted by molar-refractivity contribution is -0.128. The molecule has 76 heavy (non-hydrogen) atoms. The standard InChI is InChI=1S/C45H83N12O17PS/c1-32(58)53-34(8-6-15-52-44(47)57-75(66,67)68)43(64)51-18-24-74-30-26-70-20-12-39(61)49-16-22-72-28-25-69-19-11-38(60)50-17-23-73-29-27-71-21-13-40(62)54-33(42(46)63)7-4-5-14-48-37(59)10-3-2-9-36-41-35(31-76-36)55-45(65)56-41/h33-36,41H,2-31H2,1H3,(H2,46,63)(H,48,59)(H,49,61)(H,50,60)(H,51,64)(H,53,58)(H,54,62)(H2,55,56,65)(H5,47,52,57,66,67,68)/t33-,34-,35-,36-,41-/m0/s1. The first-order valence-electron chi connectivity index (χ1n) is 25.7. The van der Waals surface area contributed by atoms with Gasteiger partial charge in [0.15, 0.2) is 5.96 Å². The van der Waals surface area contributed by atoms with Crippen molar-refractivity contribution in [2.45, 2.75) is 113 Å². The summed E-state index contributed by atoms with van der Waals surface area (Å²) in [7, 11) is -4.57. The number of guanidine groups is 1. The molecule has 2 aliphatic rings. The maximum atomic E-state index is 12.5. The molecule has 0 saturated carbocycles. The number of thioether (sulfide) groups is 1. The number of unbranched alkanes of at least 4 members (excludes halogenated alkanes) is 2. The van der Waals surface area contributed by atoms with Crippen LogP contribution in [0.2, 0.25) is 0 Å². The fourth-order valence-corrected chi connectivity index (χ4v) is 9.25. The fourth-order valence-electron chi connectivity index (χ4n) is 7.34. The molecule has 2 saturated heterocycles. The minimum absolute atomic E-state index is 0.0276. The maximum absolute atomic E-state index is 12.5. The van der Waals surface area contributed by atoms with Crippen molar-refractivity contribution in [1.82, 2.24) is 47.6 Å². The molecule has 0 bridgehead atoms. The molecule has 5 atom stereocenters. The first kappa shape index (κ1) is 67.2. The first-order valence-corrected chi connectivity index (χ1v) is 28.3. The number of hydrogen-bond acceptors (Lipinski definition) is 17. The van der Waals surface area contributed by atoms with Gasteiger partial charge in [0.1, 0.15) is 12.1 Å². The van der Waals surface area contributed by atoms with Crippen molar-refractivity contribution in [2.75, 3.05) is 118 Å². The van der Waals surface area contributed by atoms with Crippen LogP contribution in [0.3, 0.4) is 0 Å². The Morgan fingerprint density at radius 1 is 0.632 bits per heavy atom. The van der Waals surface area contributed by atoms with Crippen LogP contribution in [0.5, 0.6) is 0 Å². The summed E-state index contributed by atoms with van der Waals surface area (Å²) < 4.78 is 43.5. The SMILES string of the molecule is CC(=O)N[C@@H](CCCN=C(N)NP(=O)(O)O)C(=O)NCCOCCOCCC(=O)NCCOCCOCCC(=O)NCCOCCOCCC(=O)N[C@@H](CCCCNC(=O)CCCC[C@@H]1SC[C@@H]2NC(=O)N[C@@H]21)C(N)=O. The molecule has 0 aliphatic carbocycles. The summed E-state index contributed by atoms with van der Waals surface area (Å²) in [5.74, 6) is -1.84. The second kappa shape index (κ2) is 41.2. The highest BCUT2D eigenvalue weighted by Crippen LogP contribution is 2.33. The second-order valence-corrected chi connectivity index (χ2v) is 20.1. The molecular weight excluding hydrogens is 1040 g/mol. The number of nitrogens with two attached hydrogens (primary N) is 2. The highest BCUT2D eigenvalue weighted by molar-refractivity contribution is 8.00. The van der Waals surface area contributed by atoms with E-state index in [1.165, 1.54) is 6.92 Å². The summed E-state index contributed by atoms with van der Waals surface area (Å²) >= 11 is 1.86. The number of fused-ring (bicyclic) bond motifs is 1. The van der Waals surface area contributed by atoms with Crippen LogP contribution in [-0.4, -0.2) is 210 Å². The predicted octanol–water partition coefficient (Wildman–Crippen LogP) is -3.13. The number of primary amides is 1. The first-order chi connectivity index (χ1) is 36.4. The molecule has 0 aromatic heterocycles. The second-order valence-electron chi connectivity index (χ2n) is 17.5. The van der Waals surface area contributed by atoms with Crippen LogP contribution >= 0.6 is 19.5 Å². The summed E-state index contributed by atoms with van der Waals surface area (Å²) in [6, 6.07) is -1.42. The number of aliphatic imine (C=N–C) groups is 1. The molecular formula is C45H83N12O17PS. The van der Waals surface area contributed by atoms with Crippen LogP contribution in [0, 0.1) is 0 Å². The Morgan fingerprint density at radius 3 is 1.70 bits per heavy atom. The third-order valence-electron chi connectivity index (χ3n) is 11.1. The molecule has 436 valence electrons. The number of rotatable bonds is 46. The Bertz CT molecular complexity index is 1840. The number of carbonyl (C=O) groups excluding carboxylic acids is 8. The molecule has 2 rings (SSSR count). The lowest BCUT2D eigenvalue weighted by atomic mass is 10.0.